The Labute approximate surface area is 128 Å². The third-order valence-corrected chi connectivity index (χ3v) is 3.31. The van der Waals surface area contributed by atoms with Gasteiger partial charge in [0.05, 0.1) is 18.8 Å². The molecule has 0 aliphatic rings. The molecule has 0 spiro atoms. The van der Waals surface area contributed by atoms with E-state index in [9.17, 15) is 14.3 Å². The van der Waals surface area contributed by atoms with Gasteiger partial charge in [0.25, 0.3) is 5.91 Å². The van der Waals surface area contributed by atoms with Gasteiger partial charge in [-0.05, 0) is 36.2 Å². The highest BCUT2D eigenvalue weighted by atomic mass is 19.1. The summed E-state index contributed by atoms with van der Waals surface area (Å²) in [6.45, 7) is 0.301. The minimum Gasteiger partial charge on any atom is -0.496 e. The van der Waals surface area contributed by atoms with E-state index >= 15 is 0 Å². The quantitative estimate of drug-likeness (QED) is 0.862. The van der Waals surface area contributed by atoms with Crippen LogP contribution in [-0.2, 0) is 0 Å². The molecule has 4 nitrogen and oxygen atoms in total. The standard InChI is InChI=1S/C17H18FNO3/c1-22-16-5-3-2-4-14(16)17(21)19-11-10-15(20)12-6-8-13(18)9-7-12/h2-9,15,20H,10-11H2,1H3,(H,19,21). The van der Waals surface area contributed by atoms with Gasteiger partial charge in [-0.2, -0.15) is 0 Å². The Kier molecular flexibility index (Phi) is 5.49. The average Bonchev–Trinajstić information content (AvgIpc) is 2.55. The number of benzene rings is 2. The lowest BCUT2D eigenvalue weighted by Gasteiger charge is -2.12. The molecule has 0 bridgehead atoms. The SMILES string of the molecule is COc1ccccc1C(=O)NCCC(O)c1ccc(F)cc1. The van der Waals surface area contributed by atoms with Crippen molar-refractivity contribution in [2.75, 3.05) is 13.7 Å². The van der Waals surface area contributed by atoms with Crippen molar-refractivity contribution in [1.29, 1.82) is 0 Å². The second kappa shape index (κ2) is 7.56. The third kappa shape index (κ3) is 4.05. The summed E-state index contributed by atoms with van der Waals surface area (Å²) < 4.78 is 17.9. The zero-order valence-electron chi connectivity index (χ0n) is 12.3. The van der Waals surface area contributed by atoms with Crippen molar-refractivity contribution >= 4 is 5.91 Å². The van der Waals surface area contributed by atoms with Gasteiger partial charge in [-0.25, -0.2) is 4.39 Å². The van der Waals surface area contributed by atoms with Crippen LogP contribution in [0.5, 0.6) is 5.75 Å². The topological polar surface area (TPSA) is 58.6 Å². The van der Waals surface area contributed by atoms with Gasteiger partial charge < -0.3 is 15.2 Å². The number of hydrogen-bond donors (Lipinski definition) is 2. The van der Waals surface area contributed by atoms with Crippen LogP contribution in [-0.4, -0.2) is 24.7 Å². The molecule has 0 aromatic heterocycles. The van der Waals surface area contributed by atoms with Gasteiger partial charge in [-0.1, -0.05) is 24.3 Å². The van der Waals surface area contributed by atoms with Crippen molar-refractivity contribution in [2.45, 2.75) is 12.5 Å². The minimum absolute atomic E-state index is 0.260. The molecule has 2 aromatic carbocycles. The first kappa shape index (κ1) is 16.0. The van der Waals surface area contributed by atoms with E-state index in [1.807, 2.05) is 0 Å². The molecule has 2 rings (SSSR count). The van der Waals surface area contributed by atoms with Gasteiger partial charge in [-0.3, -0.25) is 4.79 Å². The third-order valence-electron chi connectivity index (χ3n) is 3.31. The van der Waals surface area contributed by atoms with Crippen molar-refractivity contribution < 1.29 is 19.0 Å². The van der Waals surface area contributed by atoms with Crippen LogP contribution in [0.3, 0.4) is 0 Å². The molecule has 1 amide bonds. The van der Waals surface area contributed by atoms with Crippen LogP contribution in [0.1, 0.15) is 28.4 Å². The molecule has 0 saturated heterocycles. The molecule has 0 saturated carbocycles. The number of amides is 1. The van der Waals surface area contributed by atoms with E-state index in [-0.39, 0.29) is 11.7 Å². The van der Waals surface area contributed by atoms with Crippen molar-refractivity contribution in [1.82, 2.24) is 5.32 Å². The molecule has 2 aromatic rings. The maximum atomic E-state index is 12.8. The predicted molar refractivity (Wildman–Crippen MR) is 81.3 cm³/mol. The first-order valence-corrected chi connectivity index (χ1v) is 6.96. The van der Waals surface area contributed by atoms with E-state index in [4.69, 9.17) is 4.74 Å². The number of carbonyl (C=O) groups excluding carboxylic acids is 1. The van der Waals surface area contributed by atoms with Crippen molar-refractivity contribution in [2.24, 2.45) is 0 Å². The number of halogens is 1. The fourth-order valence-corrected chi connectivity index (χ4v) is 2.10. The van der Waals surface area contributed by atoms with E-state index in [1.165, 1.54) is 31.4 Å². The molecule has 5 heteroatoms. The highest BCUT2D eigenvalue weighted by Gasteiger charge is 2.12. The van der Waals surface area contributed by atoms with Gasteiger partial charge in [-0.15, -0.1) is 0 Å². The number of nitrogens with one attached hydrogen (secondary N) is 1. The zero-order valence-corrected chi connectivity index (χ0v) is 12.3. The summed E-state index contributed by atoms with van der Waals surface area (Å²) in [5, 5.41) is 12.7. The Morgan fingerprint density at radius 3 is 2.59 bits per heavy atom. The van der Waals surface area contributed by atoms with Crippen LogP contribution in [0.15, 0.2) is 48.5 Å². The van der Waals surface area contributed by atoms with Gasteiger partial charge in [0, 0.05) is 6.54 Å². The highest BCUT2D eigenvalue weighted by molar-refractivity contribution is 5.96. The summed E-state index contributed by atoms with van der Waals surface area (Å²) in [5.74, 6) is -0.108. The Morgan fingerprint density at radius 2 is 1.91 bits per heavy atom. The number of ether oxygens (including phenoxy) is 1. The number of aliphatic hydroxyl groups excluding tert-OH is 1. The molecular weight excluding hydrogens is 285 g/mol. The number of para-hydroxylation sites is 1. The monoisotopic (exact) mass is 303 g/mol. The van der Waals surface area contributed by atoms with E-state index < -0.39 is 6.10 Å². The first-order chi connectivity index (χ1) is 10.6. The summed E-state index contributed by atoms with van der Waals surface area (Å²) >= 11 is 0. The zero-order chi connectivity index (χ0) is 15.9. The van der Waals surface area contributed by atoms with Crippen molar-refractivity contribution in [3.05, 3.63) is 65.5 Å². The van der Waals surface area contributed by atoms with Crippen LogP contribution in [0.25, 0.3) is 0 Å². The summed E-state index contributed by atoms with van der Waals surface area (Å²) in [5.41, 5.74) is 1.06. The largest absolute Gasteiger partial charge is 0.496 e. The molecule has 116 valence electrons. The molecule has 0 fully saturated rings. The van der Waals surface area contributed by atoms with Crippen molar-refractivity contribution in [3.8, 4) is 5.75 Å². The first-order valence-electron chi connectivity index (χ1n) is 6.96. The molecule has 1 unspecified atom stereocenters. The van der Waals surface area contributed by atoms with Crippen LogP contribution in [0, 0.1) is 5.82 Å². The van der Waals surface area contributed by atoms with Crippen LogP contribution >= 0.6 is 0 Å². The van der Waals surface area contributed by atoms with E-state index in [2.05, 4.69) is 5.32 Å². The Bertz CT molecular complexity index is 628. The number of hydrogen-bond acceptors (Lipinski definition) is 3. The second-order valence-corrected chi connectivity index (χ2v) is 4.81. The number of rotatable bonds is 6. The van der Waals surface area contributed by atoms with Gasteiger partial charge in [0.1, 0.15) is 11.6 Å². The van der Waals surface area contributed by atoms with Gasteiger partial charge >= 0.3 is 0 Å². The van der Waals surface area contributed by atoms with Gasteiger partial charge in [0.2, 0.25) is 0 Å². The maximum absolute atomic E-state index is 12.8. The van der Waals surface area contributed by atoms with E-state index in [0.717, 1.165) is 0 Å². The summed E-state index contributed by atoms with van der Waals surface area (Å²) in [6, 6.07) is 12.6. The highest BCUT2D eigenvalue weighted by Crippen LogP contribution is 2.18. The minimum atomic E-state index is -0.751. The lowest BCUT2D eigenvalue weighted by Crippen LogP contribution is -2.26. The lowest BCUT2D eigenvalue weighted by molar-refractivity contribution is 0.0939. The molecule has 22 heavy (non-hydrogen) atoms. The summed E-state index contributed by atoms with van der Waals surface area (Å²) in [6.07, 6.45) is -0.412. The normalized spacial score (nSPS) is 11.8. The van der Waals surface area contributed by atoms with Crippen molar-refractivity contribution in [3.63, 3.8) is 0 Å². The maximum Gasteiger partial charge on any atom is 0.255 e. The molecule has 2 N–H and O–H groups in total. The molecule has 0 aliphatic carbocycles. The molecule has 1 atom stereocenters. The smallest absolute Gasteiger partial charge is 0.255 e. The Hall–Kier alpha value is -2.40. The molecule has 0 radical (unpaired) electrons. The van der Waals surface area contributed by atoms with Gasteiger partial charge in [0.15, 0.2) is 0 Å². The van der Waals surface area contributed by atoms with Crippen LogP contribution < -0.4 is 10.1 Å². The fourth-order valence-electron chi connectivity index (χ4n) is 2.10. The summed E-state index contributed by atoms with van der Waals surface area (Å²) in [4.78, 5) is 12.1. The Morgan fingerprint density at radius 1 is 1.23 bits per heavy atom. The average molecular weight is 303 g/mol. The molecule has 0 aliphatic heterocycles. The predicted octanol–water partition coefficient (Wildman–Crippen LogP) is 2.69. The second-order valence-electron chi connectivity index (χ2n) is 4.81. The van der Waals surface area contributed by atoms with E-state index in [1.54, 1.807) is 24.3 Å². The number of aliphatic hydroxyl groups is 1. The summed E-state index contributed by atoms with van der Waals surface area (Å²) in [7, 11) is 1.50. The van der Waals surface area contributed by atoms with E-state index in [0.29, 0.717) is 29.8 Å². The molecule has 0 heterocycles. The number of carbonyl (C=O) groups is 1. The molecular formula is C17H18FNO3. The fraction of sp³-hybridized carbons (Fsp3) is 0.235. The lowest BCUT2D eigenvalue weighted by atomic mass is 10.1. The Balaban J connectivity index is 1.88. The van der Waals surface area contributed by atoms with Crippen LogP contribution in [0.4, 0.5) is 4.39 Å². The van der Waals surface area contributed by atoms with Crippen LogP contribution in [0.2, 0.25) is 0 Å². The number of methoxy groups -OCH3 is 1.